The smallest absolute Gasteiger partial charge is 0.164 e. The molecule has 0 aliphatic heterocycles. The van der Waals surface area contributed by atoms with Crippen LogP contribution in [0.15, 0.2) is 200 Å². The number of benzene rings is 7. The zero-order valence-electron chi connectivity index (χ0n) is 31.7. The van der Waals surface area contributed by atoms with Gasteiger partial charge in [0.2, 0.25) is 0 Å². The predicted octanol–water partition coefficient (Wildman–Crippen LogP) is 13.2. The normalized spacial score (nSPS) is 12.4. The van der Waals surface area contributed by atoms with Crippen molar-refractivity contribution >= 4 is 16.3 Å². The second-order valence-electron chi connectivity index (χ2n) is 14.3. The van der Waals surface area contributed by atoms with E-state index in [1.165, 1.54) is 0 Å². The van der Waals surface area contributed by atoms with Crippen LogP contribution in [0.5, 0.6) is 0 Å². The van der Waals surface area contributed by atoms with Gasteiger partial charge in [-0.2, -0.15) is 0 Å². The Hall–Kier alpha value is -7.63. The van der Waals surface area contributed by atoms with Crippen molar-refractivity contribution in [2.24, 2.45) is 0 Å². The van der Waals surface area contributed by atoms with E-state index in [0.717, 1.165) is 96.5 Å². The highest BCUT2D eigenvalue weighted by molar-refractivity contribution is 6.04. The molecule has 58 heavy (non-hydrogen) atoms. The molecule has 5 heteroatoms. The van der Waals surface area contributed by atoms with Crippen LogP contribution in [0.4, 0.5) is 0 Å². The topological polar surface area (TPSA) is 64.5 Å². The number of rotatable bonds is 8. The summed E-state index contributed by atoms with van der Waals surface area (Å²) in [5.41, 5.74) is 12.2. The lowest BCUT2D eigenvalue weighted by Crippen LogP contribution is -2.04. The van der Waals surface area contributed by atoms with Crippen LogP contribution in [-0.2, 0) is 0 Å². The van der Waals surface area contributed by atoms with Crippen LogP contribution in [0.25, 0.3) is 95.3 Å². The molecular formula is C53H37N5. The van der Waals surface area contributed by atoms with Crippen molar-refractivity contribution in [3.63, 3.8) is 0 Å². The Morgan fingerprint density at radius 3 is 1.45 bits per heavy atom. The van der Waals surface area contributed by atoms with Crippen molar-refractivity contribution in [2.75, 3.05) is 0 Å². The third-order valence-corrected chi connectivity index (χ3v) is 10.6. The number of hydrogen-bond acceptors (Lipinski definition) is 5. The highest BCUT2D eigenvalue weighted by Gasteiger charge is 2.22. The lowest BCUT2D eigenvalue weighted by molar-refractivity contribution is 1.01. The maximum Gasteiger partial charge on any atom is 0.164 e. The molecular weight excluding hydrogens is 707 g/mol. The van der Waals surface area contributed by atoms with Gasteiger partial charge in [-0.05, 0) is 41.3 Å². The van der Waals surface area contributed by atoms with Crippen LogP contribution in [0.1, 0.15) is 18.7 Å². The van der Waals surface area contributed by atoms with E-state index < -0.39 is 0 Å². The molecule has 9 aromatic rings. The Kier molecular flexibility index (Phi) is 9.30. The summed E-state index contributed by atoms with van der Waals surface area (Å²) in [6.45, 7) is 0. The van der Waals surface area contributed by atoms with Crippen LogP contribution in [0.2, 0.25) is 0 Å². The first kappa shape index (κ1) is 34.8. The summed E-state index contributed by atoms with van der Waals surface area (Å²) < 4.78 is 0. The molecule has 0 atom stereocenters. The van der Waals surface area contributed by atoms with E-state index in [-0.39, 0.29) is 0 Å². The van der Waals surface area contributed by atoms with Crippen molar-refractivity contribution in [2.45, 2.75) is 12.8 Å². The summed E-state index contributed by atoms with van der Waals surface area (Å²) in [5.74, 6) is 1.93. The minimum absolute atomic E-state index is 0.623. The minimum Gasteiger partial charge on any atom is -0.243 e. The highest BCUT2D eigenvalue weighted by atomic mass is 15.0. The number of aromatic nitrogens is 5. The zero-order valence-corrected chi connectivity index (χ0v) is 31.7. The first-order valence-corrected chi connectivity index (χ1v) is 19.7. The highest BCUT2D eigenvalue weighted by Crippen LogP contribution is 2.42. The summed E-state index contributed by atoms with van der Waals surface area (Å²) >= 11 is 0. The molecule has 2 aromatic heterocycles. The number of fused-ring (bicyclic) bond motifs is 1. The molecule has 274 valence electrons. The van der Waals surface area contributed by atoms with Crippen molar-refractivity contribution < 1.29 is 0 Å². The van der Waals surface area contributed by atoms with Gasteiger partial charge in [-0.3, -0.25) is 0 Å². The molecule has 0 N–H and O–H groups in total. The number of allylic oxidation sites excluding steroid dienone is 4. The summed E-state index contributed by atoms with van der Waals surface area (Å²) in [5, 5.41) is 2.24. The Labute approximate surface area is 337 Å². The first-order valence-electron chi connectivity index (χ1n) is 19.7. The molecule has 0 bridgehead atoms. The van der Waals surface area contributed by atoms with Gasteiger partial charge < -0.3 is 0 Å². The fraction of sp³-hybridized carbons (Fsp3) is 0.0377. The molecule has 0 amide bonds. The molecule has 0 saturated carbocycles. The van der Waals surface area contributed by atoms with E-state index in [2.05, 4.69) is 152 Å². The van der Waals surface area contributed by atoms with Gasteiger partial charge >= 0.3 is 0 Å². The van der Waals surface area contributed by atoms with Gasteiger partial charge in [0.1, 0.15) is 0 Å². The van der Waals surface area contributed by atoms with Crippen LogP contribution < -0.4 is 0 Å². The molecule has 0 radical (unpaired) electrons. The number of nitrogens with zero attached hydrogens (tertiary/aromatic N) is 5. The van der Waals surface area contributed by atoms with E-state index in [0.29, 0.717) is 17.5 Å². The Morgan fingerprint density at radius 1 is 0.345 bits per heavy atom. The fourth-order valence-electron chi connectivity index (χ4n) is 7.74. The molecule has 10 rings (SSSR count). The largest absolute Gasteiger partial charge is 0.243 e. The molecule has 5 nitrogen and oxygen atoms in total. The van der Waals surface area contributed by atoms with Crippen LogP contribution >= 0.6 is 0 Å². The molecule has 0 fully saturated rings. The summed E-state index contributed by atoms with van der Waals surface area (Å²) in [4.78, 5) is 26.4. The van der Waals surface area contributed by atoms with E-state index >= 15 is 0 Å². The lowest BCUT2D eigenvalue weighted by atomic mass is 9.91. The second-order valence-corrected chi connectivity index (χ2v) is 14.3. The zero-order chi connectivity index (χ0) is 38.7. The van der Waals surface area contributed by atoms with Crippen molar-refractivity contribution in [1.82, 2.24) is 24.9 Å². The van der Waals surface area contributed by atoms with Crippen LogP contribution in [0, 0.1) is 0 Å². The Balaban J connectivity index is 1.21. The average molecular weight is 744 g/mol. The fourth-order valence-corrected chi connectivity index (χ4v) is 7.74. The van der Waals surface area contributed by atoms with Crippen molar-refractivity contribution in [1.29, 1.82) is 0 Å². The van der Waals surface area contributed by atoms with Crippen molar-refractivity contribution in [3.8, 4) is 78.9 Å². The molecule has 1 aliphatic carbocycles. The lowest BCUT2D eigenvalue weighted by Gasteiger charge is -2.18. The van der Waals surface area contributed by atoms with Gasteiger partial charge in [-0.1, -0.05) is 188 Å². The van der Waals surface area contributed by atoms with Gasteiger partial charge in [-0.15, -0.1) is 0 Å². The van der Waals surface area contributed by atoms with E-state index in [9.17, 15) is 0 Å². The quantitative estimate of drug-likeness (QED) is 0.155. The minimum atomic E-state index is 0.623. The third kappa shape index (κ3) is 6.80. The third-order valence-electron chi connectivity index (χ3n) is 10.6. The Morgan fingerprint density at radius 2 is 0.845 bits per heavy atom. The first-order chi connectivity index (χ1) is 28.8. The summed E-state index contributed by atoms with van der Waals surface area (Å²) in [7, 11) is 0. The molecule has 0 spiro atoms. The molecule has 7 aromatic carbocycles. The molecule has 1 aliphatic rings. The van der Waals surface area contributed by atoms with Gasteiger partial charge in [0, 0.05) is 44.5 Å². The monoisotopic (exact) mass is 743 g/mol. The molecule has 0 unspecified atom stereocenters. The van der Waals surface area contributed by atoms with Crippen LogP contribution in [-0.4, -0.2) is 24.9 Å². The molecule has 2 heterocycles. The second kappa shape index (κ2) is 15.5. The summed E-state index contributed by atoms with van der Waals surface area (Å²) in [6, 6.07) is 62.7. The van der Waals surface area contributed by atoms with Gasteiger partial charge in [0.25, 0.3) is 0 Å². The maximum absolute atomic E-state index is 5.54. The van der Waals surface area contributed by atoms with Crippen molar-refractivity contribution in [3.05, 3.63) is 206 Å². The average Bonchev–Trinajstić information content (AvgIpc) is 3.32. The maximum atomic E-state index is 5.54. The number of hydrogen-bond donors (Lipinski definition) is 0. The molecule has 0 saturated heterocycles. The standard InChI is InChI=1S/C53H37N5/c1-6-20-37(21-7-1)47-48(38-22-8-2-9-23-38)55-50(49(54-47)39-24-10-3-11-25-39)43-31-18-30-42(35-43)46-44-32-17-16-19-36(44)33-34-45(46)53-57-51(40-26-12-4-13-27-40)56-52(58-53)41-28-14-5-15-29-41/h1-4,6-14,16-35H,5,15H2. The SMILES string of the molecule is C1=CC(c2nc(-c3ccccc3)nc(-c3ccc4ccccc4c3-c3cccc(-c4nc(-c5ccccc5)c(-c5ccccc5)nc4-c4ccccc4)c3)n2)=CCC1. The van der Waals surface area contributed by atoms with E-state index in [1.807, 2.05) is 48.5 Å². The van der Waals surface area contributed by atoms with E-state index in [4.69, 9.17) is 24.9 Å². The van der Waals surface area contributed by atoms with Crippen LogP contribution in [0.3, 0.4) is 0 Å². The van der Waals surface area contributed by atoms with Gasteiger partial charge in [0.05, 0.1) is 22.8 Å². The van der Waals surface area contributed by atoms with Gasteiger partial charge in [-0.25, -0.2) is 24.9 Å². The van der Waals surface area contributed by atoms with E-state index in [1.54, 1.807) is 0 Å². The summed E-state index contributed by atoms with van der Waals surface area (Å²) in [6.07, 6.45) is 8.50. The predicted molar refractivity (Wildman–Crippen MR) is 237 cm³/mol. The Bertz CT molecular complexity index is 2980. The van der Waals surface area contributed by atoms with Gasteiger partial charge in [0.15, 0.2) is 17.5 Å².